The fourth-order valence-electron chi connectivity index (χ4n) is 2.63. The number of hydrogen-bond donors (Lipinski definition) is 1. The molecule has 1 unspecified atom stereocenters. The minimum absolute atomic E-state index is 0.188. The van der Waals surface area contributed by atoms with Crippen LogP contribution in [0.2, 0.25) is 0 Å². The molecule has 0 saturated heterocycles. The van der Waals surface area contributed by atoms with E-state index < -0.39 is 10.0 Å². The van der Waals surface area contributed by atoms with Crippen molar-refractivity contribution in [1.29, 1.82) is 0 Å². The van der Waals surface area contributed by atoms with E-state index in [1.165, 1.54) is 0 Å². The van der Waals surface area contributed by atoms with Gasteiger partial charge in [-0.3, -0.25) is 0 Å². The molecule has 0 aromatic heterocycles. The first-order valence-electron chi connectivity index (χ1n) is 6.20. The van der Waals surface area contributed by atoms with Gasteiger partial charge in [0, 0.05) is 25.4 Å². The third-order valence-corrected chi connectivity index (χ3v) is 4.98. The second kappa shape index (κ2) is 4.21. The first kappa shape index (κ1) is 12.4. The van der Waals surface area contributed by atoms with Gasteiger partial charge < -0.3 is 4.90 Å². The number of likely N-dealkylation sites (N-methyl/N-ethyl adjacent to an activating group) is 1. The quantitative estimate of drug-likeness (QED) is 0.847. The van der Waals surface area contributed by atoms with Crippen LogP contribution in [0.25, 0.3) is 5.57 Å². The molecule has 1 aliphatic heterocycles. The van der Waals surface area contributed by atoms with Crippen molar-refractivity contribution < 1.29 is 8.42 Å². The Labute approximate surface area is 113 Å². The Balaban J connectivity index is 2.29. The zero-order valence-electron chi connectivity index (χ0n) is 10.9. The summed E-state index contributed by atoms with van der Waals surface area (Å²) >= 11 is 0. The normalized spacial score (nSPS) is 23.8. The lowest BCUT2D eigenvalue weighted by Crippen LogP contribution is -2.36. The molecule has 2 aliphatic rings. The van der Waals surface area contributed by atoms with E-state index >= 15 is 0 Å². The Kier molecular flexibility index (Phi) is 2.76. The molecule has 1 heterocycles. The zero-order chi connectivity index (χ0) is 13.6. The Bertz CT molecular complexity index is 687. The standard InChI is InChI=1S/C14H16N2O2S/c1-16(2)13-8-4-7-12-14(13)10-5-3-6-11(9-10)19(17,18)15-12/h3-6,8-9,12,15H,7H2,1-2H3. The van der Waals surface area contributed by atoms with Gasteiger partial charge in [0.2, 0.25) is 10.0 Å². The highest BCUT2D eigenvalue weighted by Gasteiger charge is 2.31. The third-order valence-electron chi connectivity index (χ3n) is 3.51. The lowest BCUT2D eigenvalue weighted by molar-refractivity contribution is 0.520. The first-order valence-corrected chi connectivity index (χ1v) is 7.68. The van der Waals surface area contributed by atoms with Gasteiger partial charge >= 0.3 is 0 Å². The van der Waals surface area contributed by atoms with E-state index in [0.29, 0.717) is 11.3 Å². The molecule has 1 aliphatic carbocycles. The molecular formula is C14H16N2O2S. The van der Waals surface area contributed by atoms with Crippen LogP contribution in [0.5, 0.6) is 0 Å². The number of rotatable bonds is 1. The van der Waals surface area contributed by atoms with Crippen molar-refractivity contribution in [2.24, 2.45) is 0 Å². The van der Waals surface area contributed by atoms with Crippen LogP contribution in [0.3, 0.4) is 0 Å². The fraction of sp³-hybridized carbons (Fsp3) is 0.286. The van der Waals surface area contributed by atoms with Crippen LogP contribution in [-0.2, 0) is 10.0 Å². The minimum Gasteiger partial charge on any atom is -0.377 e. The van der Waals surface area contributed by atoms with Gasteiger partial charge in [0.05, 0.1) is 10.9 Å². The van der Waals surface area contributed by atoms with Crippen molar-refractivity contribution in [1.82, 2.24) is 9.62 Å². The molecule has 0 fully saturated rings. The first-order chi connectivity index (χ1) is 8.99. The summed E-state index contributed by atoms with van der Waals surface area (Å²) in [6, 6.07) is 6.96. The second-order valence-corrected chi connectivity index (χ2v) is 6.75. The number of nitrogens with zero attached hydrogens (tertiary/aromatic N) is 1. The van der Waals surface area contributed by atoms with Crippen molar-refractivity contribution in [3.05, 3.63) is 47.7 Å². The Morgan fingerprint density at radius 3 is 2.84 bits per heavy atom. The number of hydrogen-bond acceptors (Lipinski definition) is 3. The predicted molar refractivity (Wildman–Crippen MR) is 74.9 cm³/mol. The van der Waals surface area contributed by atoms with Gasteiger partial charge in [0.1, 0.15) is 0 Å². The highest BCUT2D eigenvalue weighted by Crippen LogP contribution is 2.34. The van der Waals surface area contributed by atoms with Gasteiger partial charge in [0.15, 0.2) is 0 Å². The average Bonchev–Trinajstić information content (AvgIpc) is 2.44. The molecule has 1 aromatic rings. The largest absolute Gasteiger partial charge is 0.377 e. The number of fused-ring (bicyclic) bond motifs is 4. The van der Waals surface area contributed by atoms with Gasteiger partial charge in [-0.15, -0.1) is 0 Å². The Morgan fingerprint density at radius 2 is 2.11 bits per heavy atom. The smallest absolute Gasteiger partial charge is 0.241 e. The molecule has 100 valence electrons. The summed E-state index contributed by atoms with van der Waals surface area (Å²) in [4.78, 5) is 2.36. The van der Waals surface area contributed by atoms with E-state index in [9.17, 15) is 8.42 Å². The Hall–Kier alpha value is -1.59. The van der Waals surface area contributed by atoms with Crippen molar-refractivity contribution in [2.45, 2.75) is 17.4 Å². The molecule has 0 radical (unpaired) electrons. The maximum Gasteiger partial charge on any atom is 0.241 e. The molecule has 0 saturated carbocycles. The minimum atomic E-state index is -3.41. The molecule has 1 aromatic carbocycles. The summed E-state index contributed by atoms with van der Waals surface area (Å²) in [5, 5.41) is 0. The van der Waals surface area contributed by atoms with Crippen LogP contribution >= 0.6 is 0 Å². The van der Waals surface area contributed by atoms with Crippen LogP contribution in [0.1, 0.15) is 12.0 Å². The van der Waals surface area contributed by atoms with Crippen molar-refractivity contribution in [3.63, 3.8) is 0 Å². The van der Waals surface area contributed by atoms with Gasteiger partial charge in [-0.2, -0.15) is 0 Å². The van der Waals surface area contributed by atoms with Gasteiger partial charge in [-0.1, -0.05) is 18.2 Å². The molecule has 2 bridgehead atoms. The SMILES string of the molecule is CN(C)C1=C2c3cccc(c3)S(=O)(=O)NC2CC=C1. The van der Waals surface area contributed by atoms with Crippen LogP contribution in [-0.4, -0.2) is 33.5 Å². The summed E-state index contributed by atoms with van der Waals surface area (Å²) in [6.07, 6.45) is 4.75. The topological polar surface area (TPSA) is 49.4 Å². The van der Waals surface area contributed by atoms with Crippen molar-refractivity contribution >= 4 is 15.6 Å². The Morgan fingerprint density at radius 1 is 1.32 bits per heavy atom. The fourth-order valence-corrected chi connectivity index (χ4v) is 3.90. The molecule has 0 amide bonds. The molecule has 1 atom stereocenters. The van der Waals surface area contributed by atoms with E-state index in [4.69, 9.17) is 0 Å². The number of nitrogens with one attached hydrogen (secondary N) is 1. The maximum absolute atomic E-state index is 12.2. The molecule has 4 nitrogen and oxygen atoms in total. The molecule has 3 rings (SSSR count). The molecule has 5 heteroatoms. The number of allylic oxidation sites excluding steroid dienone is 1. The van der Waals surface area contributed by atoms with Gasteiger partial charge in [-0.05, 0) is 30.2 Å². The molecular weight excluding hydrogens is 260 g/mol. The lowest BCUT2D eigenvalue weighted by Gasteiger charge is -2.27. The van der Waals surface area contributed by atoms with E-state index in [1.54, 1.807) is 18.2 Å². The van der Waals surface area contributed by atoms with Crippen molar-refractivity contribution in [2.75, 3.05) is 14.1 Å². The van der Waals surface area contributed by atoms with Crippen LogP contribution < -0.4 is 4.72 Å². The maximum atomic E-state index is 12.2. The highest BCUT2D eigenvalue weighted by atomic mass is 32.2. The second-order valence-electron chi connectivity index (χ2n) is 5.03. The molecule has 19 heavy (non-hydrogen) atoms. The van der Waals surface area contributed by atoms with E-state index in [2.05, 4.69) is 10.8 Å². The third kappa shape index (κ3) is 1.99. The number of benzene rings is 1. The summed E-state index contributed by atoms with van der Waals surface area (Å²) in [5.74, 6) is 0. The van der Waals surface area contributed by atoms with Gasteiger partial charge in [-0.25, -0.2) is 13.1 Å². The van der Waals surface area contributed by atoms with E-state index in [1.807, 2.05) is 31.1 Å². The lowest BCUT2D eigenvalue weighted by atomic mass is 9.91. The summed E-state index contributed by atoms with van der Waals surface area (Å²) in [5.41, 5.74) is 3.08. The van der Waals surface area contributed by atoms with Crippen molar-refractivity contribution in [3.8, 4) is 0 Å². The van der Waals surface area contributed by atoms with E-state index in [0.717, 1.165) is 16.8 Å². The van der Waals surface area contributed by atoms with E-state index in [-0.39, 0.29) is 6.04 Å². The highest BCUT2D eigenvalue weighted by molar-refractivity contribution is 7.89. The van der Waals surface area contributed by atoms with Crippen LogP contribution in [0, 0.1) is 0 Å². The average molecular weight is 276 g/mol. The summed E-state index contributed by atoms with van der Waals surface area (Å²) in [6.45, 7) is 0. The monoisotopic (exact) mass is 276 g/mol. The summed E-state index contributed by atoms with van der Waals surface area (Å²) < 4.78 is 27.2. The predicted octanol–water partition coefficient (Wildman–Crippen LogP) is 1.58. The van der Waals surface area contributed by atoms with Gasteiger partial charge in [0.25, 0.3) is 0 Å². The molecule has 1 N–H and O–H groups in total. The van der Waals surface area contributed by atoms with Crippen LogP contribution in [0.4, 0.5) is 0 Å². The van der Waals surface area contributed by atoms with Crippen LogP contribution in [0.15, 0.2) is 47.0 Å². The molecule has 0 spiro atoms. The number of sulfonamides is 1. The summed E-state index contributed by atoms with van der Waals surface area (Å²) in [7, 11) is 0.527. The zero-order valence-corrected chi connectivity index (χ0v) is 11.7.